The molecule has 0 bridgehead atoms. The number of carbonyl (C=O) groups excluding carboxylic acids is 5. The lowest BCUT2D eigenvalue weighted by atomic mass is 9.52. The molecule has 3 unspecified atom stereocenters. The Morgan fingerprint density at radius 3 is 2.23 bits per heavy atom. The van der Waals surface area contributed by atoms with E-state index in [4.69, 9.17) is 5.73 Å². The number of Topliss-reactive ketones (excluding diaryl/α,β-unsaturated/α-hetero) is 4. The molecule has 3 aliphatic carbocycles. The highest BCUT2D eigenvalue weighted by molar-refractivity contribution is 7.92. The van der Waals surface area contributed by atoms with Crippen molar-refractivity contribution in [2.75, 3.05) is 37.8 Å². The lowest BCUT2D eigenvalue weighted by Crippen LogP contribution is -2.74. The number of phenolic OH excluding ortho intramolecular Hbond substituents is 1. The van der Waals surface area contributed by atoms with E-state index < -0.39 is 80.1 Å². The van der Waals surface area contributed by atoms with Gasteiger partial charge in [0.1, 0.15) is 0 Å². The van der Waals surface area contributed by atoms with E-state index in [1.54, 1.807) is 25.1 Å². The van der Waals surface area contributed by atoms with Crippen molar-refractivity contribution in [3.63, 3.8) is 0 Å². The van der Waals surface area contributed by atoms with Gasteiger partial charge in [-0.1, -0.05) is 18.2 Å². The number of ketones is 4. The van der Waals surface area contributed by atoms with Crippen molar-refractivity contribution in [1.29, 1.82) is 0 Å². The van der Waals surface area contributed by atoms with Crippen LogP contribution in [0.4, 0.5) is 11.4 Å². The topological polar surface area (TPSA) is 204 Å². The number of nitrogens with two attached hydrogens (primary N) is 1. The van der Waals surface area contributed by atoms with E-state index in [0.717, 1.165) is 0 Å². The third-order valence-corrected chi connectivity index (χ3v) is 10.2. The summed E-state index contributed by atoms with van der Waals surface area (Å²) in [5.74, 6) is -12.0. The predicted molar refractivity (Wildman–Crippen MR) is 153 cm³/mol. The summed E-state index contributed by atoms with van der Waals surface area (Å²) in [4.78, 5) is 69.9. The molecule has 1 amide bonds. The van der Waals surface area contributed by atoms with Crippen LogP contribution in [0.5, 0.6) is 5.75 Å². The minimum absolute atomic E-state index is 0.0403. The van der Waals surface area contributed by atoms with Gasteiger partial charge in [-0.15, -0.1) is 0 Å². The average molecular weight is 613 g/mol. The number of nitrogens with one attached hydrogen (secondary N) is 1. The first-order chi connectivity index (χ1) is 20.0. The average Bonchev–Trinajstić information content (AvgIpc) is 2.92. The molecule has 0 aliphatic heterocycles. The number of phenols is 1. The largest absolute Gasteiger partial charge is 0.505 e. The molecule has 0 radical (unpaired) electrons. The second-order valence-electron chi connectivity index (χ2n) is 11.7. The maximum atomic E-state index is 14.1. The van der Waals surface area contributed by atoms with Crippen molar-refractivity contribution in [3.05, 3.63) is 47.5 Å². The molecule has 2 aromatic carbocycles. The normalized spacial score (nSPS) is 28.7. The summed E-state index contributed by atoms with van der Waals surface area (Å²) in [6.07, 6.45) is -0.0570. The number of fused-ring (bicyclic) bond motifs is 3. The van der Waals surface area contributed by atoms with Crippen LogP contribution in [0.1, 0.15) is 22.3 Å². The molecule has 0 saturated heterocycles. The molecule has 0 spiro atoms. The van der Waals surface area contributed by atoms with Gasteiger partial charge < -0.3 is 20.8 Å². The van der Waals surface area contributed by atoms with E-state index in [0.29, 0.717) is 11.3 Å². The highest BCUT2D eigenvalue weighted by Gasteiger charge is 2.69. The number of rotatable bonds is 6. The molecular formula is C29H32N4O9S. The van der Waals surface area contributed by atoms with Crippen molar-refractivity contribution >= 4 is 50.4 Å². The van der Waals surface area contributed by atoms with Crippen molar-refractivity contribution in [2.24, 2.45) is 29.4 Å². The number of hydrogen-bond donors (Lipinski definition) is 4. The summed E-state index contributed by atoms with van der Waals surface area (Å²) in [7, 11) is 2.14. The number of anilines is 2. The van der Waals surface area contributed by atoms with E-state index in [1.165, 1.54) is 49.3 Å². The van der Waals surface area contributed by atoms with E-state index in [1.807, 2.05) is 0 Å². The second kappa shape index (κ2) is 10.2. The van der Waals surface area contributed by atoms with E-state index >= 15 is 0 Å². The fourth-order valence-electron chi connectivity index (χ4n) is 6.93. The molecule has 228 valence electrons. The molecule has 0 heterocycles. The van der Waals surface area contributed by atoms with Gasteiger partial charge in [-0.05, 0) is 56.6 Å². The molecule has 2 aromatic rings. The molecule has 43 heavy (non-hydrogen) atoms. The summed E-state index contributed by atoms with van der Waals surface area (Å²) in [6.45, 7) is 0. The fourth-order valence-corrected chi connectivity index (χ4v) is 8.01. The standard InChI is InChI=1S/C29H32N4O9S/c1-32(2)18-12-17(31-43(41,42)14-8-6-5-7-9-14)23(34)20-15(18)10-13-11-16-22(33(3)4)25(36)21(28(30)39)27(38)29(16,40)26(37)19(13)24(20)35/h5-9,12-13,16,19,21-22,31,34,40H,10-11H2,1-4H3,(H2,30,39)/t13-,16-,19?,21?,22?,29-/m1/s1. The van der Waals surface area contributed by atoms with Crippen LogP contribution in [-0.2, 0) is 35.6 Å². The molecular weight excluding hydrogens is 580 g/mol. The van der Waals surface area contributed by atoms with E-state index in [2.05, 4.69) is 4.72 Å². The zero-order chi connectivity index (χ0) is 31.8. The van der Waals surface area contributed by atoms with Crippen LogP contribution in [0, 0.1) is 23.7 Å². The number of benzene rings is 2. The molecule has 2 saturated carbocycles. The Kier molecular flexibility index (Phi) is 7.22. The SMILES string of the molecule is CN(C)c1cc(NS(=O)(=O)c2ccccc2)c(O)c2c1C[C@@H]1C[C@@H]3C(N(C)C)C(=O)C(C(N)=O)C(=O)[C@]3(O)C(=O)C1C2=O. The van der Waals surface area contributed by atoms with Gasteiger partial charge in [0.15, 0.2) is 40.4 Å². The van der Waals surface area contributed by atoms with E-state index in [9.17, 15) is 42.6 Å². The third kappa shape index (κ3) is 4.43. The van der Waals surface area contributed by atoms with Crippen LogP contribution in [0.2, 0.25) is 0 Å². The van der Waals surface area contributed by atoms with Gasteiger partial charge in [-0.25, -0.2) is 8.42 Å². The monoisotopic (exact) mass is 612 g/mol. The lowest BCUT2D eigenvalue weighted by Gasteiger charge is -2.52. The van der Waals surface area contributed by atoms with Crippen LogP contribution in [0.3, 0.4) is 0 Å². The van der Waals surface area contributed by atoms with Crippen molar-refractivity contribution in [2.45, 2.75) is 29.4 Å². The molecule has 3 aliphatic rings. The number of amides is 1. The Bertz CT molecular complexity index is 1690. The summed E-state index contributed by atoms with van der Waals surface area (Å²) in [5, 5.41) is 23.0. The lowest BCUT2D eigenvalue weighted by molar-refractivity contribution is -0.181. The maximum absolute atomic E-state index is 14.1. The van der Waals surface area contributed by atoms with Crippen molar-refractivity contribution < 1.29 is 42.6 Å². The molecule has 2 fully saturated rings. The zero-order valence-electron chi connectivity index (χ0n) is 23.9. The molecule has 5 rings (SSSR count). The van der Waals surface area contributed by atoms with Crippen LogP contribution in [0.15, 0.2) is 41.3 Å². The smallest absolute Gasteiger partial charge is 0.262 e. The number of aliphatic hydroxyl groups is 1. The van der Waals surface area contributed by atoms with Gasteiger partial charge in [0.05, 0.1) is 28.1 Å². The molecule has 5 N–H and O–H groups in total. The van der Waals surface area contributed by atoms with Crippen LogP contribution in [-0.4, -0.2) is 92.4 Å². The number of nitrogens with zero attached hydrogens (tertiary/aromatic N) is 2. The first-order valence-corrected chi connectivity index (χ1v) is 15.0. The molecule has 14 heteroatoms. The number of likely N-dealkylation sites (N-methyl/N-ethyl adjacent to an activating group) is 1. The van der Waals surface area contributed by atoms with Gasteiger partial charge in [-0.2, -0.15) is 0 Å². The number of primary amides is 1. The third-order valence-electron chi connectivity index (χ3n) is 8.82. The molecule has 0 aromatic heterocycles. The Morgan fingerprint density at radius 1 is 1.05 bits per heavy atom. The van der Waals surface area contributed by atoms with Gasteiger partial charge in [0, 0.05) is 25.7 Å². The maximum Gasteiger partial charge on any atom is 0.262 e. The van der Waals surface area contributed by atoms with Crippen LogP contribution in [0.25, 0.3) is 0 Å². The van der Waals surface area contributed by atoms with Gasteiger partial charge in [0.25, 0.3) is 10.0 Å². The van der Waals surface area contributed by atoms with Crippen LogP contribution >= 0.6 is 0 Å². The van der Waals surface area contributed by atoms with Gasteiger partial charge in [0.2, 0.25) is 5.91 Å². The minimum Gasteiger partial charge on any atom is -0.505 e. The Balaban J connectivity index is 1.64. The first kappa shape index (κ1) is 30.3. The highest BCUT2D eigenvalue weighted by atomic mass is 32.2. The quantitative estimate of drug-likeness (QED) is 0.247. The van der Waals surface area contributed by atoms with Gasteiger partial charge in [-0.3, -0.25) is 33.6 Å². The number of hydrogen-bond acceptors (Lipinski definition) is 11. The number of sulfonamides is 1. The number of carbonyl (C=O) groups is 5. The fraction of sp³-hybridized carbons (Fsp3) is 0.414. The van der Waals surface area contributed by atoms with Gasteiger partial charge >= 0.3 is 0 Å². The Morgan fingerprint density at radius 2 is 1.67 bits per heavy atom. The van der Waals surface area contributed by atoms with Crippen LogP contribution < -0.4 is 15.4 Å². The number of aromatic hydroxyl groups is 1. The van der Waals surface area contributed by atoms with Crippen molar-refractivity contribution in [1.82, 2.24) is 4.90 Å². The predicted octanol–water partition coefficient (Wildman–Crippen LogP) is -0.266. The second-order valence-corrected chi connectivity index (χ2v) is 13.4. The summed E-state index contributed by atoms with van der Waals surface area (Å²) >= 11 is 0. The minimum atomic E-state index is -4.19. The highest BCUT2D eigenvalue weighted by Crippen LogP contribution is 2.52. The summed E-state index contributed by atoms with van der Waals surface area (Å²) < 4.78 is 28.5. The zero-order valence-corrected chi connectivity index (χ0v) is 24.7. The van der Waals surface area contributed by atoms with Crippen molar-refractivity contribution in [3.8, 4) is 5.75 Å². The Hall–Kier alpha value is -4.14. The molecule has 6 atom stereocenters. The Labute approximate surface area is 247 Å². The summed E-state index contributed by atoms with van der Waals surface area (Å²) in [6, 6.07) is 7.55. The van der Waals surface area contributed by atoms with E-state index in [-0.39, 0.29) is 29.0 Å². The summed E-state index contributed by atoms with van der Waals surface area (Å²) in [5.41, 5.74) is 2.61. The first-order valence-electron chi connectivity index (χ1n) is 13.5. The molecule has 13 nitrogen and oxygen atoms in total.